The van der Waals surface area contributed by atoms with Gasteiger partial charge in [0.05, 0.1) is 18.3 Å². The molecule has 1 N–H and O–H groups in total. The highest BCUT2D eigenvalue weighted by atomic mass is 16.5. The number of nitrogens with one attached hydrogen (secondary N) is 1. The van der Waals surface area contributed by atoms with Gasteiger partial charge in [-0.05, 0) is 41.8 Å². The van der Waals surface area contributed by atoms with Crippen molar-refractivity contribution >= 4 is 5.91 Å². The molecular formula is C27H26N4O2. The highest BCUT2D eigenvalue weighted by molar-refractivity contribution is 6.00. The van der Waals surface area contributed by atoms with Crippen molar-refractivity contribution in [1.82, 2.24) is 20.1 Å². The van der Waals surface area contributed by atoms with Crippen molar-refractivity contribution in [1.29, 1.82) is 0 Å². The summed E-state index contributed by atoms with van der Waals surface area (Å²) in [5.74, 6) is 0.759. The molecule has 0 saturated carbocycles. The van der Waals surface area contributed by atoms with Crippen molar-refractivity contribution in [2.45, 2.75) is 32.4 Å². The number of amides is 1. The number of rotatable bonds is 8. The van der Waals surface area contributed by atoms with Gasteiger partial charge in [0, 0.05) is 30.1 Å². The van der Waals surface area contributed by atoms with E-state index in [2.05, 4.69) is 28.2 Å². The average molecular weight is 439 g/mol. The minimum absolute atomic E-state index is 0.0567. The fraction of sp³-hybridized carbons (Fsp3) is 0.222. The van der Waals surface area contributed by atoms with Crippen LogP contribution in [-0.4, -0.2) is 32.6 Å². The molecule has 0 bridgehead atoms. The molecule has 1 atom stereocenters. The van der Waals surface area contributed by atoms with Gasteiger partial charge >= 0.3 is 0 Å². The molecular weight excluding hydrogens is 412 g/mol. The van der Waals surface area contributed by atoms with E-state index < -0.39 is 0 Å². The number of aromatic amines is 1. The number of carbonyl (C=O) groups is 1. The summed E-state index contributed by atoms with van der Waals surface area (Å²) in [7, 11) is 0. The molecule has 6 nitrogen and oxygen atoms in total. The molecule has 0 spiro atoms. The summed E-state index contributed by atoms with van der Waals surface area (Å²) in [5, 5.41) is 7.57. The lowest BCUT2D eigenvalue weighted by atomic mass is 9.95. The fourth-order valence-electron chi connectivity index (χ4n) is 4.32. The molecule has 0 aliphatic carbocycles. The van der Waals surface area contributed by atoms with Crippen LogP contribution in [0.3, 0.4) is 0 Å². The zero-order valence-corrected chi connectivity index (χ0v) is 18.6. The second-order valence-electron chi connectivity index (χ2n) is 8.19. The first kappa shape index (κ1) is 20.9. The predicted octanol–water partition coefficient (Wildman–Crippen LogP) is 5.40. The zero-order valence-electron chi connectivity index (χ0n) is 18.6. The number of unbranched alkanes of at least 4 members (excludes halogenated alkanes) is 1. The molecule has 2 aromatic heterocycles. The summed E-state index contributed by atoms with van der Waals surface area (Å²) in [5.41, 5.74) is 5.27. The maximum atomic E-state index is 13.5. The summed E-state index contributed by atoms with van der Waals surface area (Å²) in [4.78, 5) is 19.5. The summed E-state index contributed by atoms with van der Waals surface area (Å²) in [6.07, 6.45) is 5.59. The van der Waals surface area contributed by atoms with Gasteiger partial charge in [-0.25, -0.2) is 0 Å². The highest BCUT2D eigenvalue weighted by Crippen LogP contribution is 2.44. The third-order valence-electron chi connectivity index (χ3n) is 5.95. The standard InChI is InChI=1S/C27H26N4O2/c1-2-3-16-33-22-11-7-10-21(17-22)26-23-24(20-8-5-4-6-9-20)29-30-25(23)27(32)31(26)18-19-12-14-28-15-13-19/h4-15,17,26H,2-3,16,18H2,1H3,(H,29,30). The van der Waals surface area contributed by atoms with Crippen LogP contribution in [0, 0.1) is 0 Å². The van der Waals surface area contributed by atoms with Crippen LogP contribution < -0.4 is 4.74 Å². The largest absolute Gasteiger partial charge is 0.494 e. The van der Waals surface area contributed by atoms with E-state index in [0.717, 1.165) is 46.5 Å². The van der Waals surface area contributed by atoms with Gasteiger partial charge in [-0.15, -0.1) is 0 Å². The van der Waals surface area contributed by atoms with E-state index in [0.29, 0.717) is 18.8 Å². The summed E-state index contributed by atoms with van der Waals surface area (Å²) in [6.45, 7) is 3.30. The lowest BCUT2D eigenvalue weighted by molar-refractivity contribution is 0.0729. The Kier molecular flexibility index (Phi) is 5.89. The number of H-pyrrole nitrogens is 1. The number of aromatic nitrogens is 3. The van der Waals surface area contributed by atoms with E-state index in [1.54, 1.807) is 12.4 Å². The number of hydrogen-bond acceptors (Lipinski definition) is 4. The zero-order chi connectivity index (χ0) is 22.6. The Morgan fingerprint density at radius 1 is 1.03 bits per heavy atom. The molecule has 1 amide bonds. The average Bonchev–Trinajstić information content (AvgIpc) is 3.40. The molecule has 6 heteroatoms. The molecule has 0 radical (unpaired) electrons. The number of nitrogens with zero attached hydrogens (tertiary/aromatic N) is 3. The molecule has 1 unspecified atom stereocenters. The lowest BCUT2D eigenvalue weighted by Crippen LogP contribution is -2.29. The third kappa shape index (κ3) is 4.12. The number of ether oxygens (including phenoxy) is 1. The Hall–Kier alpha value is -3.93. The van der Waals surface area contributed by atoms with Gasteiger partial charge in [-0.1, -0.05) is 55.8 Å². The van der Waals surface area contributed by atoms with Crippen LogP contribution in [-0.2, 0) is 6.54 Å². The van der Waals surface area contributed by atoms with Gasteiger partial charge in [0.25, 0.3) is 5.91 Å². The minimum atomic E-state index is -0.274. The van der Waals surface area contributed by atoms with Gasteiger partial charge in [0.1, 0.15) is 11.4 Å². The van der Waals surface area contributed by atoms with Crippen molar-refractivity contribution in [3.8, 4) is 17.0 Å². The quantitative estimate of drug-likeness (QED) is 0.374. The lowest BCUT2D eigenvalue weighted by Gasteiger charge is -2.27. The SMILES string of the molecule is CCCCOc1cccc(C2c3c(-c4ccccc4)n[nH]c3C(=O)N2Cc2ccncc2)c1. The first-order valence-corrected chi connectivity index (χ1v) is 11.3. The van der Waals surface area contributed by atoms with Crippen LogP contribution in [0.5, 0.6) is 5.75 Å². The van der Waals surface area contributed by atoms with Gasteiger partial charge in [0.15, 0.2) is 0 Å². The molecule has 2 aromatic carbocycles. The Morgan fingerprint density at radius 3 is 2.64 bits per heavy atom. The normalized spacial score (nSPS) is 15.0. The van der Waals surface area contributed by atoms with E-state index >= 15 is 0 Å². The second-order valence-corrected chi connectivity index (χ2v) is 8.19. The van der Waals surface area contributed by atoms with Gasteiger partial charge in [-0.3, -0.25) is 14.9 Å². The Bertz CT molecular complexity index is 1240. The maximum Gasteiger partial charge on any atom is 0.273 e. The molecule has 0 fully saturated rings. The monoisotopic (exact) mass is 438 g/mol. The van der Waals surface area contributed by atoms with Crippen molar-refractivity contribution in [2.24, 2.45) is 0 Å². The molecule has 0 saturated heterocycles. The van der Waals surface area contributed by atoms with E-state index in [4.69, 9.17) is 4.74 Å². The van der Waals surface area contributed by atoms with E-state index in [-0.39, 0.29) is 11.9 Å². The van der Waals surface area contributed by atoms with Crippen LogP contribution in [0.25, 0.3) is 11.3 Å². The van der Waals surface area contributed by atoms with Gasteiger partial charge in [0.2, 0.25) is 0 Å². The topological polar surface area (TPSA) is 71.1 Å². The molecule has 3 heterocycles. The molecule has 166 valence electrons. The van der Waals surface area contributed by atoms with Crippen molar-refractivity contribution in [3.05, 3.63) is 102 Å². The molecule has 1 aliphatic rings. The first-order chi connectivity index (χ1) is 16.3. The Labute approximate surface area is 193 Å². The summed E-state index contributed by atoms with van der Waals surface area (Å²) >= 11 is 0. The number of benzene rings is 2. The van der Waals surface area contributed by atoms with E-state index in [9.17, 15) is 4.79 Å². The van der Waals surface area contributed by atoms with Crippen LogP contribution in [0.1, 0.15) is 53.0 Å². The molecule has 5 rings (SSSR count). The predicted molar refractivity (Wildman–Crippen MR) is 127 cm³/mol. The van der Waals surface area contributed by atoms with Crippen molar-refractivity contribution in [2.75, 3.05) is 6.61 Å². The third-order valence-corrected chi connectivity index (χ3v) is 5.95. The maximum absolute atomic E-state index is 13.5. The smallest absolute Gasteiger partial charge is 0.273 e. The van der Waals surface area contributed by atoms with Gasteiger partial charge in [-0.2, -0.15) is 5.10 Å². The second kappa shape index (κ2) is 9.28. The van der Waals surface area contributed by atoms with Crippen LogP contribution in [0.2, 0.25) is 0 Å². The van der Waals surface area contributed by atoms with E-state index in [1.165, 1.54) is 0 Å². The van der Waals surface area contributed by atoms with Crippen LogP contribution in [0.4, 0.5) is 0 Å². The minimum Gasteiger partial charge on any atom is -0.494 e. The molecule has 4 aromatic rings. The van der Waals surface area contributed by atoms with Crippen LogP contribution in [0.15, 0.2) is 79.1 Å². The van der Waals surface area contributed by atoms with Crippen LogP contribution >= 0.6 is 0 Å². The molecule has 33 heavy (non-hydrogen) atoms. The molecule has 1 aliphatic heterocycles. The summed E-state index contributed by atoms with van der Waals surface area (Å²) in [6, 6.07) is 21.7. The van der Waals surface area contributed by atoms with Crippen molar-refractivity contribution in [3.63, 3.8) is 0 Å². The Morgan fingerprint density at radius 2 is 1.85 bits per heavy atom. The summed E-state index contributed by atoms with van der Waals surface area (Å²) < 4.78 is 5.98. The number of fused-ring (bicyclic) bond motifs is 1. The number of pyridine rings is 1. The Balaban J connectivity index is 1.59. The highest BCUT2D eigenvalue weighted by Gasteiger charge is 2.42. The number of carbonyl (C=O) groups excluding carboxylic acids is 1. The van der Waals surface area contributed by atoms with Crippen molar-refractivity contribution < 1.29 is 9.53 Å². The van der Waals surface area contributed by atoms with E-state index in [1.807, 2.05) is 65.6 Å². The fourth-order valence-corrected chi connectivity index (χ4v) is 4.32. The first-order valence-electron chi connectivity index (χ1n) is 11.3. The van der Waals surface area contributed by atoms with Gasteiger partial charge < -0.3 is 9.64 Å². The number of hydrogen-bond donors (Lipinski definition) is 1.